The van der Waals surface area contributed by atoms with E-state index in [1.54, 1.807) is 18.2 Å². The van der Waals surface area contributed by atoms with Gasteiger partial charge in [0.15, 0.2) is 0 Å². The van der Waals surface area contributed by atoms with Crippen LogP contribution in [-0.2, 0) is 14.8 Å². The number of anilines is 1. The summed E-state index contributed by atoms with van der Waals surface area (Å²) in [5, 5.41) is 2.69. The van der Waals surface area contributed by atoms with Gasteiger partial charge in [0, 0.05) is 11.3 Å². The molecule has 1 heterocycles. The van der Waals surface area contributed by atoms with Crippen LogP contribution < -0.4 is 14.8 Å². The maximum Gasteiger partial charge on any atom is 0.387 e. The molecular formula is C20H21F2N3O4S. The molecule has 1 amide bonds. The van der Waals surface area contributed by atoms with Crippen molar-refractivity contribution < 1.29 is 26.7 Å². The second-order valence-corrected chi connectivity index (χ2v) is 8.45. The number of ether oxygens (including phenoxy) is 1. The van der Waals surface area contributed by atoms with Gasteiger partial charge in [0.2, 0.25) is 5.91 Å². The average Bonchev–Trinajstić information content (AvgIpc) is 2.97. The lowest BCUT2D eigenvalue weighted by Crippen LogP contribution is -2.34. The van der Waals surface area contributed by atoms with Crippen molar-refractivity contribution >= 4 is 27.5 Å². The highest BCUT2D eigenvalue weighted by atomic mass is 32.2. The number of fused-ring (bicyclic) bond motifs is 1. The molecule has 2 aromatic carbocycles. The van der Waals surface area contributed by atoms with E-state index < -0.39 is 28.6 Å². The number of amidine groups is 1. The molecule has 0 spiro atoms. The molecule has 10 heteroatoms. The Labute approximate surface area is 173 Å². The molecule has 2 N–H and O–H groups in total. The first-order chi connectivity index (χ1) is 14.2. The van der Waals surface area contributed by atoms with Crippen LogP contribution in [0.1, 0.15) is 25.8 Å². The van der Waals surface area contributed by atoms with Crippen molar-refractivity contribution in [1.82, 2.24) is 4.72 Å². The third-order valence-electron chi connectivity index (χ3n) is 4.73. The molecule has 1 aliphatic heterocycles. The molecule has 0 fully saturated rings. The van der Waals surface area contributed by atoms with Crippen LogP contribution in [0.2, 0.25) is 0 Å². The van der Waals surface area contributed by atoms with E-state index in [1.807, 2.05) is 13.8 Å². The van der Waals surface area contributed by atoms with Gasteiger partial charge < -0.3 is 10.1 Å². The minimum Gasteiger partial charge on any atom is -0.435 e. The van der Waals surface area contributed by atoms with E-state index in [1.165, 1.54) is 30.3 Å². The zero-order chi connectivity index (χ0) is 21.9. The Morgan fingerprint density at radius 1 is 1.17 bits per heavy atom. The van der Waals surface area contributed by atoms with Crippen molar-refractivity contribution in [2.24, 2.45) is 10.9 Å². The molecule has 0 saturated carbocycles. The van der Waals surface area contributed by atoms with Gasteiger partial charge in [-0.3, -0.25) is 14.5 Å². The first kappa shape index (κ1) is 21.7. The average molecular weight is 437 g/mol. The van der Waals surface area contributed by atoms with Crippen LogP contribution in [0.15, 0.2) is 58.4 Å². The van der Waals surface area contributed by atoms with Crippen molar-refractivity contribution in [1.29, 1.82) is 0 Å². The standard InChI is InChI=1S/C20H21F2N3O4S/c1-3-12(2)17(19(26)23-13-8-10-14(11-9-13)29-20(21)22)24-18-15-6-4-5-7-16(15)30(27,28)25-18/h4-12,17,20H,3H2,1-2H3,(H,23,26)(H,24,25)/t12-,17+/m0/s1. The molecule has 0 radical (unpaired) electrons. The maximum atomic E-state index is 12.9. The molecule has 0 unspecified atom stereocenters. The molecule has 160 valence electrons. The SMILES string of the molecule is CC[C@H](C)[C@@H](N=C1NS(=O)(=O)c2ccccc21)C(=O)Nc1ccc(OC(F)F)cc1. The molecule has 0 aliphatic carbocycles. The maximum absolute atomic E-state index is 12.9. The number of nitrogens with zero attached hydrogens (tertiary/aromatic N) is 1. The number of benzene rings is 2. The Bertz CT molecular complexity index is 1060. The predicted molar refractivity (Wildman–Crippen MR) is 108 cm³/mol. The molecule has 1 aliphatic rings. The normalized spacial score (nSPS) is 17.8. The Morgan fingerprint density at radius 3 is 2.47 bits per heavy atom. The van der Waals surface area contributed by atoms with Gasteiger partial charge in [0.25, 0.3) is 10.0 Å². The summed E-state index contributed by atoms with van der Waals surface area (Å²) in [7, 11) is -3.72. The van der Waals surface area contributed by atoms with Crippen molar-refractivity contribution in [2.45, 2.75) is 37.8 Å². The highest BCUT2D eigenvalue weighted by molar-refractivity contribution is 7.90. The zero-order valence-corrected chi connectivity index (χ0v) is 17.1. The molecule has 2 atom stereocenters. The summed E-state index contributed by atoms with van der Waals surface area (Å²) < 4.78 is 55.8. The summed E-state index contributed by atoms with van der Waals surface area (Å²) in [6, 6.07) is 11.0. The molecular weight excluding hydrogens is 416 g/mol. The third kappa shape index (κ3) is 4.76. The quantitative estimate of drug-likeness (QED) is 0.694. The molecule has 0 bridgehead atoms. The highest BCUT2D eigenvalue weighted by Gasteiger charge is 2.33. The van der Waals surface area contributed by atoms with Crippen LogP contribution in [-0.4, -0.2) is 32.8 Å². The third-order valence-corrected chi connectivity index (χ3v) is 6.13. The molecule has 30 heavy (non-hydrogen) atoms. The largest absolute Gasteiger partial charge is 0.435 e. The number of aliphatic imine (C=N–C) groups is 1. The number of alkyl halides is 2. The van der Waals surface area contributed by atoms with Gasteiger partial charge in [-0.05, 0) is 42.3 Å². The number of carbonyl (C=O) groups excluding carboxylic acids is 1. The number of halogens is 2. The Balaban J connectivity index is 1.85. The van der Waals surface area contributed by atoms with Crippen LogP contribution in [0.4, 0.5) is 14.5 Å². The van der Waals surface area contributed by atoms with E-state index in [4.69, 9.17) is 0 Å². The van der Waals surface area contributed by atoms with Gasteiger partial charge >= 0.3 is 6.61 Å². The van der Waals surface area contributed by atoms with Gasteiger partial charge in [0.1, 0.15) is 17.6 Å². The minimum absolute atomic E-state index is 0.0290. The molecule has 2 aromatic rings. The van der Waals surface area contributed by atoms with E-state index in [0.29, 0.717) is 17.7 Å². The van der Waals surface area contributed by atoms with E-state index >= 15 is 0 Å². The summed E-state index contributed by atoms with van der Waals surface area (Å²) in [5.41, 5.74) is 0.787. The number of rotatable bonds is 7. The molecule has 0 saturated heterocycles. The lowest BCUT2D eigenvalue weighted by Gasteiger charge is -2.19. The van der Waals surface area contributed by atoms with Crippen molar-refractivity contribution in [3.63, 3.8) is 0 Å². The van der Waals surface area contributed by atoms with E-state index in [-0.39, 0.29) is 22.4 Å². The summed E-state index contributed by atoms with van der Waals surface area (Å²) in [6.45, 7) is 0.798. The summed E-state index contributed by atoms with van der Waals surface area (Å²) in [4.78, 5) is 17.4. The lowest BCUT2D eigenvalue weighted by atomic mass is 9.98. The van der Waals surface area contributed by atoms with Crippen LogP contribution in [0.5, 0.6) is 5.75 Å². The van der Waals surface area contributed by atoms with Gasteiger partial charge in [-0.15, -0.1) is 0 Å². The van der Waals surface area contributed by atoms with E-state index in [0.717, 1.165) is 0 Å². The number of sulfonamides is 1. The Hall–Kier alpha value is -3.01. The van der Waals surface area contributed by atoms with Crippen molar-refractivity contribution in [3.05, 3.63) is 54.1 Å². The van der Waals surface area contributed by atoms with Crippen LogP contribution in [0.3, 0.4) is 0 Å². The minimum atomic E-state index is -3.72. The monoisotopic (exact) mass is 437 g/mol. The van der Waals surface area contributed by atoms with Crippen LogP contribution >= 0.6 is 0 Å². The summed E-state index contributed by atoms with van der Waals surface area (Å²) in [6.07, 6.45) is 0.629. The second-order valence-electron chi connectivity index (χ2n) is 6.80. The fraction of sp³-hybridized carbons (Fsp3) is 0.300. The number of hydrogen-bond donors (Lipinski definition) is 2. The highest BCUT2D eigenvalue weighted by Crippen LogP contribution is 2.25. The summed E-state index contributed by atoms with van der Waals surface area (Å²) >= 11 is 0. The molecule has 0 aromatic heterocycles. The van der Waals surface area contributed by atoms with E-state index in [9.17, 15) is 22.0 Å². The van der Waals surface area contributed by atoms with Crippen LogP contribution in [0.25, 0.3) is 0 Å². The number of carbonyl (C=O) groups is 1. The molecule has 3 rings (SSSR count). The van der Waals surface area contributed by atoms with Crippen molar-refractivity contribution in [2.75, 3.05) is 5.32 Å². The Kier molecular flexibility index (Phi) is 6.35. The predicted octanol–water partition coefficient (Wildman–Crippen LogP) is 3.38. The molecule has 7 nitrogen and oxygen atoms in total. The summed E-state index contributed by atoms with van der Waals surface area (Å²) in [5.74, 6) is -0.537. The van der Waals surface area contributed by atoms with Crippen molar-refractivity contribution in [3.8, 4) is 5.75 Å². The smallest absolute Gasteiger partial charge is 0.387 e. The fourth-order valence-corrected chi connectivity index (χ4v) is 4.21. The van der Waals surface area contributed by atoms with Gasteiger partial charge in [-0.2, -0.15) is 8.78 Å². The number of amides is 1. The second kappa shape index (κ2) is 8.78. The number of hydrogen-bond acceptors (Lipinski definition) is 5. The Morgan fingerprint density at radius 2 is 1.83 bits per heavy atom. The first-order valence-corrected chi connectivity index (χ1v) is 10.8. The van der Waals surface area contributed by atoms with Gasteiger partial charge in [-0.25, -0.2) is 8.42 Å². The number of nitrogens with one attached hydrogen (secondary N) is 2. The fourth-order valence-electron chi connectivity index (χ4n) is 2.97. The van der Waals surface area contributed by atoms with Gasteiger partial charge in [-0.1, -0.05) is 32.4 Å². The van der Waals surface area contributed by atoms with Gasteiger partial charge in [0.05, 0.1) is 4.90 Å². The zero-order valence-electron chi connectivity index (χ0n) is 16.3. The van der Waals surface area contributed by atoms with Crippen LogP contribution in [0, 0.1) is 5.92 Å². The lowest BCUT2D eigenvalue weighted by molar-refractivity contribution is -0.118. The first-order valence-electron chi connectivity index (χ1n) is 9.27. The topological polar surface area (TPSA) is 96.9 Å². The van der Waals surface area contributed by atoms with E-state index in [2.05, 4.69) is 19.8 Å².